The number of carbonyl (C=O) groups excluding carboxylic acids is 6. The fourth-order valence-electron chi connectivity index (χ4n) is 5.31. The van der Waals surface area contributed by atoms with E-state index < -0.39 is 47.8 Å². The average Bonchev–Trinajstić information content (AvgIpc) is 3.76. The van der Waals surface area contributed by atoms with Crippen LogP contribution in [-0.4, -0.2) is 75.0 Å². The quantitative estimate of drug-likeness (QED) is 0.304. The second-order valence-corrected chi connectivity index (χ2v) is 13.9. The molecular formula is C29H40N8O6S2. The van der Waals surface area contributed by atoms with Gasteiger partial charge in [-0.3, -0.25) is 28.8 Å². The van der Waals surface area contributed by atoms with Gasteiger partial charge in [0, 0.05) is 23.7 Å². The molecule has 2 aliphatic rings. The number of carbonyl (C=O) groups is 6. The Hall–Kier alpha value is -3.92. The lowest BCUT2D eigenvalue weighted by Gasteiger charge is -2.31. The number of nitrogens with two attached hydrogens (primary N) is 1. The first-order valence-electron chi connectivity index (χ1n) is 15.0. The van der Waals surface area contributed by atoms with E-state index in [1.54, 1.807) is 19.2 Å². The molecule has 244 valence electrons. The number of nitrogens with zero attached hydrogens (tertiary/aromatic N) is 3. The Balaban J connectivity index is 1.69. The molecule has 2 aromatic rings. The van der Waals surface area contributed by atoms with Crippen molar-refractivity contribution in [3.05, 3.63) is 32.2 Å². The summed E-state index contributed by atoms with van der Waals surface area (Å²) in [4.78, 5) is 88.9. The predicted molar refractivity (Wildman–Crippen MR) is 167 cm³/mol. The lowest BCUT2D eigenvalue weighted by atomic mass is 9.99. The fraction of sp³-hybridized carbons (Fsp3) is 0.586. The largest absolute Gasteiger partial charge is 0.370 e. The van der Waals surface area contributed by atoms with E-state index in [0.29, 0.717) is 35.8 Å². The van der Waals surface area contributed by atoms with Crippen LogP contribution in [0.4, 0.5) is 0 Å². The van der Waals surface area contributed by atoms with E-state index in [9.17, 15) is 28.8 Å². The van der Waals surface area contributed by atoms with Gasteiger partial charge in [0.15, 0.2) is 0 Å². The van der Waals surface area contributed by atoms with Crippen molar-refractivity contribution in [2.24, 2.45) is 17.6 Å². The molecule has 1 fully saturated rings. The maximum absolute atomic E-state index is 13.8. The minimum Gasteiger partial charge on any atom is -0.370 e. The summed E-state index contributed by atoms with van der Waals surface area (Å²) in [7, 11) is 0. The highest BCUT2D eigenvalue weighted by Gasteiger charge is 2.39. The lowest BCUT2D eigenvalue weighted by molar-refractivity contribution is -0.142. The van der Waals surface area contributed by atoms with Gasteiger partial charge in [-0.15, -0.1) is 22.7 Å². The van der Waals surface area contributed by atoms with Crippen molar-refractivity contribution in [1.29, 1.82) is 0 Å². The molecule has 4 rings (SSSR count). The normalized spacial score (nSPS) is 23.6. The zero-order chi connectivity index (χ0) is 32.8. The SMILES string of the molecule is CC(C)C[C@@H]1NC(=O)[C@H](C(C)C)NC(=O)c2csc(n2)[C@@H](CCC(N)=O)NC(=O)c2csc(n2)CNC(=O)[C@H]2CCCN2C1=O. The summed E-state index contributed by atoms with van der Waals surface area (Å²) in [6.45, 7) is 7.86. The van der Waals surface area contributed by atoms with Crippen molar-refractivity contribution in [2.45, 2.75) is 90.5 Å². The molecule has 14 nitrogen and oxygen atoms in total. The number of amides is 6. The minimum absolute atomic E-state index is 0.0351. The first-order chi connectivity index (χ1) is 21.3. The molecule has 2 aliphatic heterocycles. The van der Waals surface area contributed by atoms with Crippen LogP contribution in [0, 0.1) is 11.8 Å². The van der Waals surface area contributed by atoms with Crippen molar-refractivity contribution in [3.63, 3.8) is 0 Å². The predicted octanol–water partition coefficient (Wildman–Crippen LogP) is 1.24. The molecule has 4 bridgehead atoms. The summed E-state index contributed by atoms with van der Waals surface area (Å²) in [5, 5.41) is 15.2. The summed E-state index contributed by atoms with van der Waals surface area (Å²) in [5.41, 5.74) is 5.52. The molecule has 0 saturated carbocycles. The number of aromatic nitrogens is 2. The molecule has 0 unspecified atom stereocenters. The van der Waals surface area contributed by atoms with E-state index in [1.807, 2.05) is 13.8 Å². The van der Waals surface area contributed by atoms with Crippen LogP contribution in [0.1, 0.15) is 96.8 Å². The minimum atomic E-state index is -0.985. The lowest BCUT2D eigenvalue weighted by Crippen LogP contribution is -2.57. The Labute approximate surface area is 269 Å². The van der Waals surface area contributed by atoms with Crippen LogP contribution in [0.5, 0.6) is 0 Å². The van der Waals surface area contributed by atoms with Crippen LogP contribution < -0.4 is 27.0 Å². The molecule has 0 aliphatic carbocycles. The van der Waals surface area contributed by atoms with Crippen LogP contribution in [0.15, 0.2) is 10.8 Å². The molecular weight excluding hydrogens is 621 g/mol. The van der Waals surface area contributed by atoms with Gasteiger partial charge >= 0.3 is 0 Å². The molecule has 6 amide bonds. The molecule has 0 radical (unpaired) electrons. The summed E-state index contributed by atoms with van der Waals surface area (Å²) in [6, 6.07) is -3.34. The van der Waals surface area contributed by atoms with Gasteiger partial charge in [0.2, 0.25) is 23.6 Å². The van der Waals surface area contributed by atoms with Crippen molar-refractivity contribution >= 4 is 58.1 Å². The summed E-state index contributed by atoms with van der Waals surface area (Å²) >= 11 is 2.31. The molecule has 0 spiro atoms. The molecule has 0 aromatic carbocycles. The Morgan fingerprint density at radius 1 is 0.956 bits per heavy atom. The number of primary amides is 1. The summed E-state index contributed by atoms with van der Waals surface area (Å²) in [6.07, 6.45) is 1.55. The van der Waals surface area contributed by atoms with Crippen LogP contribution in [-0.2, 0) is 25.7 Å². The molecule has 6 N–H and O–H groups in total. The van der Waals surface area contributed by atoms with Gasteiger partial charge in [-0.25, -0.2) is 9.97 Å². The topological polar surface area (TPSA) is 206 Å². The third-order valence-corrected chi connectivity index (χ3v) is 9.44. The van der Waals surface area contributed by atoms with Crippen molar-refractivity contribution in [2.75, 3.05) is 6.54 Å². The first-order valence-corrected chi connectivity index (χ1v) is 16.8. The third kappa shape index (κ3) is 8.63. The zero-order valence-electron chi connectivity index (χ0n) is 25.8. The van der Waals surface area contributed by atoms with Gasteiger partial charge < -0.3 is 31.9 Å². The standard InChI is InChI=1S/C29H40N8O6S2/c1-14(2)10-17-29(43)37-9-5-6-20(37)26(41)31-11-22-32-18(12-44-22)24(39)33-16(7-8-21(30)38)28-35-19(13-45-28)25(40)36-23(15(3)4)27(42)34-17/h12-17,20,23H,5-11H2,1-4H3,(H2,30,38)(H,31,41)(H,33,39)(H,34,42)(H,36,40)/t16-,17+,20-,23+/m1/s1. The van der Waals surface area contributed by atoms with Gasteiger partial charge in [0.25, 0.3) is 11.8 Å². The number of hydrogen-bond acceptors (Lipinski definition) is 10. The molecule has 2 aromatic heterocycles. The van der Waals surface area contributed by atoms with E-state index in [1.165, 1.54) is 21.6 Å². The Bertz CT molecular complexity index is 1440. The number of nitrogens with one attached hydrogen (secondary N) is 4. The van der Waals surface area contributed by atoms with E-state index in [2.05, 4.69) is 31.2 Å². The van der Waals surface area contributed by atoms with Gasteiger partial charge in [-0.05, 0) is 37.5 Å². The number of thiazole rings is 2. The third-order valence-electron chi connectivity index (χ3n) is 7.63. The maximum atomic E-state index is 13.8. The molecule has 16 heteroatoms. The average molecular weight is 661 g/mol. The van der Waals surface area contributed by atoms with Crippen LogP contribution in [0.2, 0.25) is 0 Å². The highest BCUT2D eigenvalue weighted by Crippen LogP contribution is 2.25. The number of hydrogen-bond donors (Lipinski definition) is 5. The first kappa shape index (κ1) is 34.0. The molecule has 45 heavy (non-hydrogen) atoms. The van der Waals surface area contributed by atoms with Crippen molar-refractivity contribution < 1.29 is 28.8 Å². The number of fused-ring (bicyclic) bond motifs is 5. The maximum Gasteiger partial charge on any atom is 0.271 e. The Morgan fingerprint density at radius 3 is 2.33 bits per heavy atom. The summed E-state index contributed by atoms with van der Waals surface area (Å²) < 4.78 is 0. The highest BCUT2D eigenvalue weighted by molar-refractivity contribution is 7.10. The van der Waals surface area contributed by atoms with Gasteiger partial charge in [-0.1, -0.05) is 27.7 Å². The van der Waals surface area contributed by atoms with E-state index in [4.69, 9.17) is 5.73 Å². The Kier molecular flexibility index (Phi) is 11.3. The smallest absolute Gasteiger partial charge is 0.271 e. The molecule has 4 atom stereocenters. The van der Waals surface area contributed by atoms with Crippen LogP contribution in [0.3, 0.4) is 0 Å². The molecule has 1 saturated heterocycles. The van der Waals surface area contributed by atoms with E-state index in [0.717, 1.165) is 11.3 Å². The Morgan fingerprint density at radius 2 is 1.64 bits per heavy atom. The van der Waals surface area contributed by atoms with Gasteiger partial charge in [0.05, 0.1) is 12.6 Å². The fourth-order valence-corrected chi connectivity index (χ4v) is 6.91. The van der Waals surface area contributed by atoms with Crippen LogP contribution >= 0.6 is 22.7 Å². The zero-order valence-corrected chi connectivity index (χ0v) is 27.4. The summed E-state index contributed by atoms with van der Waals surface area (Å²) in [5.74, 6) is -3.19. The van der Waals surface area contributed by atoms with E-state index in [-0.39, 0.29) is 54.4 Å². The monoisotopic (exact) mass is 660 g/mol. The molecule has 4 heterocycles. The highest BCUT2D eigenvalue weighted by atomic mass is 32.1. The van der Waals surface area contributed by atoms with Crippen LogP contribution in [0.25, 0.3) is 0 Å². The van der Waals surface area contributed by atoms with Gasteiger partial charge in [0.1, 0.15) is 39.5 Å². The second kappa shape index (κ2) is 14.9. The second-order valence-electron chi connectivity index (χ2n) is 12.0. The van der Waals surface area contributed by atoms with Gasteiger partial charge in [-0.2, -0.15) is 0 Å². The number of rotatable bonds is 6. The van der Waals surface area contributed by atoms with E-state index >= 15 is 0 Å². The van der Waals surface area contributed by atoms with Crippen molar-refractivity contribution in [1.82, 2.24) is 36.1 Å². The van der Waals surface area contributed by atoms with Crippen molar-refractivity contribution in [3.8, 4) is 0 Å².